The fourth-order valence-electron chi connectivity index (χ4n) is 3.00. The van der Waals surface area contributed by atoms with E-state index in [1.165, 1.54) is 11.8 Å². The molecule has 27 heavy (non-hydrogen) atoms. The molecule has 0 atom stereocenters. The number of rotatable bonds is 6. The second-order valence-corrected chi connectivity index (χ2v) is 7.19. The second-order valence-electron chi connectivity index (χ2n) is 6.25. The van der Waals surface area contributed by atoms with E-state index in [1.807, 2.05) is 63.2 Å². The summed E-state index contributed by atoms with van der Waals surface area (Å²) in [7, 11) is 0. The zero-order valence-corrected chi connectivity index (χ0v) is 16.6. The van der Waals surface area contributed by atoms with Crippen molar-refractivity contribution < 1.29 is 4.79 Å². The molecule has 3 rings (SSSR count). The Morgan fingerprint density at radius 2 is 1.85 bits per heavy atom. The van der Waals surface area contributed by atoms with Crippen LogP contribution in [0, 0.1) is 6.92 Å². The summed E-state index contributed by atoms with van der Waals surface area (Å²) in [6.45, 7) is 7.25. The van der Waals surface area contributed by atoms with E-state index in [0.29, 0.717) is 29.1 Å². The molecule has 0 saturated heterocycles. The Hall–Kier alpha value is -2.60. The maximum Gasteiger partial charge on any atom is 0.266 e. The minimum Gasteiger partial charge on any atom is -0.343 e. The Labute approximate surface area is 163 Å². The van der Waals surface area contributed by atoms with Crippen molar-refractivity contribution in [2.24, 2.45) is 0 Å². The Kier molecular flexibility index (Phi) is 5.96. The number of benzene rings is 2. The molecule has 0 bridgehead atoms. The van der Waals surface area contributed by atoms with Crippen LogP contribution in [0.4, 0.5) is 0 Å². The molecule has 0 N–H and O–H groups in total. The maximum absolute atomic E-state index is 13.2. The van der Waals surface area contributed by atoms with Gasteiger partial charge in [-0.25, -0.2) is 4.98 Å². The summed E-state index contributed by atoms with van der Waals surface area (Å²) in [6.07, 6.45) is 0. The number of amides is 1. The lowest BCUT2D eigenvalue weighted by Gasteiger charge is -2.19. The molecule has 0 aliphatic rings. The highest BCUT2D eigenvalue weighted by Gasteiger charge is 2.16. The van der Waals surface area contributed by atoms with Gasteiger partial charge in [0.1, 0.15) is 0 Å². The lowest BCUT2D eigenvalue weighted by atomic mass is 10.2. The molecule has 3 aromatic rings. The number of nitrogens with zero attached hydrogens (tertiary/aromatic N) is 3. The summed E-state index contributed by atoms with van der Waals surface area (Å²) < 4.78 is 1.61. The SMILES string of the molecule is CCN(CC)C(=O)CSc1nc2ccccc2c(=O)n1-c1cccc(C)c1. The Balaban J connectivity index is 2.09. The zero-order chi connectivity index (χ0) is 19.4. The summed E-state index contributed by atoms with van der Waals surface area (Å²) in [5.74, 6) is 0.293. The molecule has 0 aliphatic heterocycles. The van der Waals surface area contributed by atoms with Gasteiger partial charge in [0.05, 0.1) is 22.3 Å². The van der Waals surface area contributed by atoms with Crippen LogP contribution >= 0.6 is 11.8 Å². The zero-order valence-electron chi connectivity index (χ0n) is 15.8. The van der Waals surface area contributed by atoms with Gasteiger partial charge < -0.3 is 4.90 Å². The summed E-state index contributed by atoms with van der Waals surface area (Å²) in [5, 5.41) is 1.10. The molecule has 1 heterocycles. The normalized spacial score (nSPS) is 10.9. The number of thioether (sulfide) groups is 1. The number of aryl methyl sites for hydroxylation is 1. The van der Waals surface area contributed by atoms with E-state index in [0.717, 1.165) is 11.3 Å². The van der Waals surface area contributed by atoms with Gasteiger partial charge >= 0.3 is 0 Å². The second kappa shape index (κ2) is 8.39. The van der Waals surface area contributed by atoms with Crippen molar-refractivity contribution in [3.63, 3.8) is 0 Å². The van der Waals surface area contributed by atoms with Crippen molar-refractivity contribution in [3.8, 4) is 5.69 Å². The molecular weight excluding hydrogens is 358 g/mol. The van der Waals surface area contributed by atoms with Gasteiger partial charge in [-0.2, -0.15) is 0 Å². The van der Waals surface area contributed by atoms with E-state index >= 15 is 0 Å². The van der Waals surface area contributed by atoms with Crippen LogP contribution in [-0.4, -0.2) is 39.2 Å². The first-order chi connectivity index (χ1) is 13.0. The third kappa shape index (κ3) is 4.06. The molecule has 0 spiro atoms. The van der Waals surface area contributed by atoms with Crippen LogP contribution in [0.25, 0.3) is 16.6 Å². The van der Waals surface area contributed by atoms with Crippen LogP contribution in [0.15, 0.2) is 58.5 Å². The topological polar surface area (TPSA) is 55.2 Å². The standard InChI is InChI=1S/C21H23N3O2S/c1-4-23(5-2)19(25)14-27-21-22-18-12-7-6-11-17(18)20(26)24(21)16-10-8-9-15(3)13-16/h6-13H,4-5,14H2,1-3H3. The highest BCUT2D eigenvalue weighted by atomic mass is 32.2. The van der Waals surface area contributed by atoms with Crippen LogP contribution in [0.2, 0.25) is 0 Å². The molecule has 140 valence electrons. The quantitative estimate of drug-likeness (QED) is 0.483. The molecule has 6 heteroatoms. The number of hydrogen-bond acceptors (Lipinski definition) is 4. The molecule has 0 fully saturated rings. The third-order valence-electron chi connectivity index (χ3n) is 4.45. The average molecular weight is 382 g/mol. The first-order valence-electron chi connectivity index (χ1n) is 9.04. The molecule has 0 radical (unpaired) electrons. The van der Waals surface area contributed by atoms with Gasteiger partial charge in [-0.1, -0.05) is 36.0 Å². The number of fused-ring (bicyclic) bond motifs is 1. The van der Waals surface area contributed by atoms with E-state index < -0.39 is 0 Å². The predicted molar refractivity (Wildman–Crippen MR) is 111 cm³/mol. The summed E-state index contributed by atoms with van der Waals surface area (Å²) in [4.78, 5) is 32.0. The fourth-order valence-corrected chi connectivity index (χ4v) is 3.91. The van der Waals surface area contributed by atoms with Gasteiger partial charge in [0, 0.05) is 13.1 Å². The molecule has 0 unspecified atom stereocenters. The number of aromatic nitrogens is 2. The van der Waals surface area contributed by atoms with Crippen molar-refractivity contribution in [3.05, 3.63) is 64.4 Å². The van der Waals surface area contributed by atoms with Gasteiger partial charge in [0.2, 0.25) is 5.91 Å². The van der Waals surface area contributed by atoms with Crippen LogP contribution in [0.5, 0.6) is 0 Å². The van der Waals surface area contributed by atoms with E-state index in [-0.39, 0.29) is 17.2 Å². The number of carbonyl (C=O) groups is 1. The number of para-hydroxylation sites is 1. The van der Waals surface area contributed by atoms with E-state index in [2.05, 4.69) is 4.98 Å². The number of carbonyl (C=O) groups excluding carboxylic acids is 1. The lowest BCUT2D eigenvalue weighted by Crippen LogP contribution is -2.32. The molecule has 1 amide bonds. The molecular formula is C21H23N3O2S. The van der Waals surface area contributed by atoms with E-state index in [4.69, 9.17) is 0 Å². The number of hydrogen-bond donors (Lipinski definition) is 0. The van der Waals surface area contributed by atoms with Crippen molar-refractivity contribution in [2.45, 2.75) is 25.9 Å². The van der Waals surface area contributed by atoms with Crippen LogP contribution < -0.4 is 5.56 Å². The Bertz CT molecular complexity index is 1030. The average Bonchev–Trinajstić information content (AvgIpc) is 2.67. The van der Waals surface area contributed by atoms with E-state index in [9.17, 15) is 9.59 Å². The molecule has 0 saturated carbocycles. The van der Waals surface area contributed by atoms with Crippen LogP contribution in [0.1, 0.15) is 19.4 Å². The fraction of sp³-hybridized carbons (Fsp3) is 0.286. The van der Waals surface area contributed by atoms with Gasteiger partial charge in [-0.3, -0.25) is 14.2 Å². The summed E-state index contributed by atoms with van der Waals surface area (Å²) in [6, 6.07) is 15.1. The van der Waals surface area contributed by atoms with Gasteiger partial charge in [0.25, 0.3) is 5.56 Å². The van der Waals surface area contributed by atoms with Crippen molar-refractivity contribution >= 4 is 28.6 Å². The smallest absolute Gasteiger partial charge is 0.266 e. The molecule has 5 nitrogen and oxygen atoms in total. The third-order valence-corrected chi connectivity index (χ3v) is 5.37. The Morgan fingerprint density at radius 3 is 2.56 bits per heavy atom. The summed E-state index contributed by atoms with van der Waals surface area (Å²) in [5.41, 5.74) is 2.34. The van der Waals surface area contributed by atoms with Gasteiger partial charge in [-0.05, 0) is 50.6 Å². The largest absolute Gasteiger partial charge is 0.343 e. The van der Waals surface area contributed by atoms with Crippen molar-refractivity contribution in [1.29, 1.82) is 0 Å². The van der Waals surface area contributed by atoms with Crippen LogP contribution in [0.3, 0.4) is 0 Å². The highest BCUT2D eigenvalue weighted by molar-refractivity contribution is 7.99. The summed E-state index contributed by atoms with van der Waals surface area (Å²) >= 11 is 1.30. The molecule has 1 aromatic heterocycles. The minimum atomic E-state index is -0.121. The van der Waals surface area contributed by atoms with Gasteiger partial charge in [-0.15, -0.1) is 0 Å². The van der Waals surface area contributed by atoms with Gasteiger partial charge in [0.15, 0.2) is 5.16 Å². The monoisotopic (exact) mass is 381 g/mol. The van der Waals surface area contributed by atoms with Crippen LogP contribution in [-0.2, 0) is 4.79 Å². The predicted octanol–water partition coefficient (Wildman–Crippen LogP) is 3.65. The highest BCUT2D eigenvalue weighted by Crippen LogP contribution is 2.22. The first kappa shape index (κ1) is 19.2. The Morgan fingerprint density at radius 1 is 1.11 bits per heavy atom. The van der Waals surface area contributed by atoms with E-state index in [1.54, 1.807) is 15.5 Å². The first-order valence-corrected chi connectivity index (χ1v) is 10.0. The maximum atomic E-state index is 13.2. The van der Waals surface area contributed by atoms with Crippen molar-refractivity contribution in [2.75, 3.05) is 18.8 Å². The molecule has 0 aliphatic carbocycles. The minimum absolute atomic E-state index is 0.0446. The molecule has 2 aromatic carbocycles. The lowest BCUT2D eigenvalue weighted by molar-refractivity contribution is -0.127. The van der Waals surface area contributed by atoms with Crippen molar-refractivity contribution in [1.82, 2.24) is 14.5 Å².